The lowest BCUT2D eigenvalue weighted by molar-refractivity contribution is -0.129. The van der Waals surface area contributed by atoms with Crippen molar-refractivity contribution >= 4 is 18.3 Å². The third kappa shape index (κ3) is 4.65. The number of ether oxygens (including phenoxy) is 2. The summed E-state index contributed by atoms with van der Waals surface area (Å²) in [5.41, 5.74) is 3.78. The standard InChI is InChI=1S/C26H20N2O4/c1-31-24-16-19(18-29)12-14-23(24)32-25(30)15-13-21-17-28(22-10-6-3-7-11-22)27-26(21)20-8-4-2-5-9-20/h2-18H,1H3/b15-13-. The zero-order valence-corrected chi connectivity index (χ0v) is 17.3. The molecule has 0 saturated heterocycles. The molecule has 0 aliphatic rings. The molecule has 1 heterocycles. The van der Waals surface area contributed by atoms with Gasteiger partial charge in [-0.25, -0.2) is 9.48 Å². The summed E-state index contributed by atoms with van der Waals surface area (Å²) < 4.78 is 12.4. The molecule has 0 N–H and O–H groups in total. The molecule has 0 aliphatic heterocycles. The van der Waals surface area contributed by atoms with Crippen molar-refractivity contribution in [2.45, 2.75) is 0 Å². The molecule has 0 unspecified atom stereocenters. The fraction of sp³-hybridized carbons (Fsp3) is 0.0385. The second kappa shape index (κ2) is 9.57. The van der Waals surface area contributed by atoms with E-state index in [2.05, 4.69) is 0 Å². The van der Waals surface area contributed by atoms with Gasteiger partial charge < -0.3 is 9.47 Å². The second-order valence-corrected chi connectivity index (χ2v) is 6.86. The summed E-state index contributed by atoms with van der Waals surface area (Å²) in [6, 6.07) is 24.1. The van der Waals surface area contributed by atoms with Gasteiger partial charge >= 0.3 is 5.97 Å². The lowest BCUT2D eigenvalue weighted by atomic mass is 10.1. The normalized spacial score (nSPS) is 10.8. The second-order valence-electron chi connectivity index (χ2n) is 6.86. The number of methoxy groups -OCH3 is 1. The van der Waals surface area contributed by atoms with Crippen molar-refractivity contribution < 1.29 is 19.1 Å². The molecule has 0 saturated carbocycles. The molecule has 32 heavy (non-hydrogen) atoms. The average Bonchev–Trinajstić information content (AvgIpc) is 3.28. The number of aldehydes is 1. The highest BCUT2D eigenvalue weighted by Crippen LogP contribution is 2.28. The van der Waals surface area contributed by atoms with Gasteiger partial charge in [0.15, 0.2) is 11.5 Å². The molecule has 6 nitrogen and oxygen atoms in total. The zero-order chi connectivity index (χ0) is 22.3. The predicted molar refractivity (Wildman–Crippen MR) is 122 cm³/mol. The van der Waals surface area contributed by atoms with Crippen LogP contribution in [-0.4, -0.2) is 29.1 Å². The number of para-hydroxylation sites is 1. The largest absolute Gasteiger partial charge is 0.493 e. The smallest absolute Gasteiger partial charge is 0.336 e. The highest BCUT2D eigenvalue weighted by molar-refractivity contribution is 5.90. The summed E-state index contributed by atoms with van der Waals surface area (Å²) >= 11 is 0. The van der Waals surface area contributed by atoms with Crippen LogP contribution in [0.25, 0.3) is 23.0 Å². The maximum absolute atomic E-state index is 12.5. The SMILES string of the molecule is COc1cc(C=O)ccc1OC(=O)/C=C\c1cn(-c2ccccc2)nc1-c1ccccc1. The number of hydrogen-bond acceptors (Lipinski definition) is 5. The van der Waals surface area contributed by atoms with Gasteiger partial charge in [-0.3, -0.25) is 4.79 Å². The lowest BCUT2D eigenvalue weighted by Gasteiger charge is -2.08. The number of carbonyl (C=O) groups excluding carboxylic acids is 2. The fourth-order valence-electron chi connectivity index (χ4n) is 3.18. The van der Waals surface area contributed by atoms with E-state index in [4.69, 9.17) is 14.6 Å². The van der Waals surface area contributed by atoms with Crippen LogP contribution in [0.4, 0.5) is 0 Å². The molecule has 158 valence electrons. The molecular formula is C26H20N2O4. The van der Waals surface area contributed by atoms with Crippen molar-refractivity contribution in [2.75, 3.05) is 7.11 Å². The van der Waals surface area contributed by atoms with Gasteiger partial charge in [-0.05, 0) is 36.4 Å². The number of aromatic nitrogens is 2. The first-order valence-electron chi connectivity index (χ1n) is 9.91. The van der Waals surface area contributed by atoms with Crippen molar-refractivity contribution in [1.29, 1.82) is 0 Å². The summed E-state index contributed by atoms with van der Waals surface area (Å²) in [6.07, 6.45) is 5.57. The molecule has 0 amide bonds. The summed E-state index contributed by atoms with van der Waals surface area (Å²) in [5.74, 6) is -0.0390. The highest BCUT2D eigenvalue weighted by atomic mass is 16.6. The summed E-state index contributed by atoms with van der Waals surface area (Å²) in [5, 5.41) is 4.72. The van der Waals surface area contributed by atoms with Gasteiger partial charge in [0.2, 0.25) is 0 Å². The first-order chi connectivity index (χ1) is 15.7. The third-order valence-electron chi connectivity index (χ3n) is 4.74. The highest BCUT2D eigenvalue weighted by Gasteiger charge is 2.12. The maximum atomic E-state index is 12.5. The van der Waals surface area contributed by atoms with Crippen molar-refractivity contribution in [3.8, 4) is 28.4 Å². The van der Waals surface area contributed by atoms with Crippen LogP contribution in [-0.2, 0) is 4.79 Å². The van der Waals surface area contributed by atoms with Gasteiger partial charge in [-0.1, -0.05) is 48.5 Å². The van der Waals surface area contributed by atoms with E-state index >= 15 is 0 Å². The van der Waals surface area contributed by atoms with Crippen LogP contribution >= 0.6 is 0 Å². The fourth-order valence-corrected chi connectivity index (χ4v) is 3.18. The van der Waals surface area contributed by atoms with Gasteiger partial charge in [0.1, 0.15) is 6.29 Å². The number of rotatable bonds is 7. The number of esters is 1. The minimum absolute atomic E-state index is 0.232. The molecule has 0 radical (unpaired) electrons. The number of carbonyl (C=O) groups is 2. The van der Waals surface area contributed by atoms with Crippen molar-refractivity contribution in [3.05, 3.63) is 102 Å². The summed E-state index contributed by atoms with van der Waals surface area (Å²) in [4.78, 5) is 23.4. The monoisotopic (exact) mass is 424 g/mol. The Kier molecular flexibility index (Phi) is 6.22. The molecule has 4 aromatic rings. The molecule has 0 atom stereocenters. The maximum Gasteiger partial charge on any atom is 0.336 e. The van der Waals surface area contributed by atoms with Crippen LogP contribution in [0.1, 0.15) is 15.9 Å². The molecule has 0 aliphatic carbocycles. The molecular weight excluding hydrogens is 404 g/mol. The van der Waals surface area contributed by atoms with E-state index in [1.54, 1.807) is 16.8 Å². The molecule has 6 heteroatoms. The Labute approximate surface area is 185 Å². The van der Waals surface area contributed by atoms with E-state index in [1.165, 1.54) is 25.3 Å². The number of hydrogen-bond donors (Lipinski definition) is 0. The van der Waals surface area contributed by atoms with E-state index in [1.807, 2.05) is 66.9 Å². The van der Waals surface area contributed by atoms with Crippen LogP contribution in [0.5, 0.6) is 11.5 Å². The Morgan fingerprint density at radius 2 is 1.66 bits per heavy atom. The van der Waals surface area contributed by atoms with Crippen LogP contribution in [0.2, 0.25) is 0 Å². The van der Waals surface area contributed by atoms with Gasteiger partial charge in [0.05, 0.1) is 18.5 Å². The van der Waals surface area contributed by atoms with E-state index in [-0.39, 0.29) is 5.75 Å². The molecule has 0 bridgehead atoms. The lowest BCUT2D eigenvalue weighted by Crippen LogP contribution is -2.05. The Morgan fingerprint density at radius 1 is 0.938 bits per heavy atom. The van der Waals surface area contributed by atoms with E-state index < -0.39 is 5.97 Å². The van der Waals surface area contributed by atoms with E-state index in [0.29, 0.717) is 17.6 Å². The molecule has 3 aromatic carbocycles. The first-order valence-corrected chi connectivity index (χ1v) is 9.91. The van der Waals surface area contributed by atoms with Gasteiger partial charge in [0, 0.05) is 29.0 Å². The Balaban J connectivity index is 1.62. The van der Waals surface area contributed by atoms with Crippen molar-refractivity contribution in [1.82, 2.24) is 9.78 Å². The molecule has 1 aromatic heterocycles. The quantitative estimate of drug-likeness (QED) is 0.181. The minimum atomic E-state index is -0.575. The minimum Gasteiger partial charge on any atom is -0.493 e. The van der Waals surface area contributed by atoms with Gasteiger partial charge in [-0.15, -0.1) is 0 Å². The molecule has 0 fully saturated rings. The van der Waals surface area contributed by atoms with Crippen molar-refractivity contribution in [2.24, 2.45) is 0 Å². The zero-order valence-electron chi connectivity index (χ0n) is 17.3. The summed E-state index contributed by atoms with van der Waals surface area (Å²) in [7, 11) is 1.45. The van der Waals surface area contributed by atoms with E-state index in [0.717, 1.165) is 22.5 Å². The van der Waals surface area contributed by atoms with Crippen LogP contribution in [0.15, 0.2) is 91.1 Å². The number of nitrogens with zero attached hydrogens (tertiary/aromatic N) is 2. The molecule has 4 rings (SSSR count). The van der Waals surface area contributed by atoms with Crippen LogP contribution in [0.3, 0.4) is 0 Å². The Bertz CT molecular complexity index is 1260. The van der Waals surface area contributed by atoms with Crippen molar-refractivity contribution in [3.63, 3.8) is 0 Å². The average molecular weight is 424 g/mol. The van der Waals surface area contributed by atoms with Gasteiger partial charge in [0.25, 0.3) is 0 Å². The summed E-state index contributed by atoms with van der Waals surface area (Å²) in [6.45, 7) is 0. The topological polar surface area (TPSA) is 70.4 Å². The molecule has 0 spiro atoms. The van der Waals surface area contributed by atoms with E-state index in [9.17, 15) is 9.59 Å². The predicted octanol–water partition coefficient (Wildman–Crippen LogP) is 4.98. The Morgan fingerprint density at radius 3 is 2.34 bits per heavy atom. The number of benzene rings is 3. The van der Waals surface area contributed by atoms with Crippen LogP contribution in [0, 0.1) is 0 Å². The van der Waals surface area contributed by atoms with Gasteiger partial charge in [-0.2, -0.15) is 5.10 Å². The first kappa shape index (κ1) is 20.8. The third-order valence-corrected chi connectivity index (χ3v) is 4.74. The van der Waals surface area contributed by atoms with Crippen LogP contribution < -0.4 is 9.47 Å². The Hall–Kier alpha value is -4.45.